The largest absolute Gasteiger partial charge is 0.465 e. The summed E-state index contributed by atoms with van der Waals surface area (Å²) < 4.78 is 6.81. The van der Waals surface area contributed by atoms with Crippen molar-refractivity contribution in [2.24, 2.45) is 5.10 Å². The Morgan fingerprint density at radius 3 is 2.50 bits per heavy atom. The molecular weight excluding hydrogens is 412 g/mol. The van der Waals surface area contributed by atoms with Crippen molar-refractivity contribution in [2.45, 2.75) is 20.3 Å². The number of ether oxygens (including phenoxy) is 1. The van der Waals surface area contributed by atoms with Crippen molar-refractivity contribution in [3.8, 4) is 5.69 Å². The van der Waals surface area contributed by atoms with Crippen LogP contribution in [0.2, 0.25) is 0 Å². The highest BCUT2D eigenvalue weighted by atomic mass is 16.6. The van der Waals surface area contributed by atoms with E-state index >= 15 is 0 Å². The van der Waals surface area contributed by atoms with Crippen LogP contribution in [0.1, 0.15) is 32.9 Å². The molecule has 1 aromatic heterocycles. The van der Waals surface area contributed by atoms with Crippen LogP contribution in [0, 0.1) is 24.0 Å². The summed E-state index contributed by atoms with van der Waals surface area (Å²) in [6.45, 7) is 3.80. The van der Waals surface area contributed by atoms with Crippen molar-refractivity contribution >= 4 is 23.8 Å². The molecule has 0 atom stereocenters. The fourth-order valence-corrected chi connectivity index (χ4v) is 3.37. The standard InChI is InChI=1S/C23H22N4O5/c1-15-12-18(16(2)26(15)21-7-5-4-6-20(21)23(29)32-3)14-24-25-22(28)13-17-8-10-19(11-9-17)27(30)31/h4-12,14H,13H2,1-3H3,(H,25,28)/b24-14-. The second-order valence-corrected chi connectivity index (χ2v) is 7.06. The Morgan fingerprint density at radius 2 is 1.84 bits per heavy atom. The van der Waals surface area contributed by atoms with Gasteiger partial charge in [0.05, 0.1) is 35.9 Å². The van der Waals surface area contributed by atoms with Gasteiger partial charge in [-0.2, -0.15) is 5.10 Å². The molecule has 1 amide bonds. The maximum Gasteiger partial charge on any atom is 0.339 e. The van der Waals surface area contributed by atoms with Gasteiger partial charge in [-0.15, -0.1) is 0 Å². The van der Waals surface area contributed by atoms with Gasteiger partial charge in [-0.25, -0.2) is 10.2 Å². The number of nitro groups is 1. The van der Waals surface area contributed by atoms with Gasteiger partial charge < -0.3 is 9.30 Å². The van der Waals surface area contributed by atoms with Crippen molar-refractivity contribution in [1.82, 2.24) is 9.99 Å². The number of nitro benzene ring substituents is 1. The van der Waals surface area contributed by atoms with E-state index in [9.17, 15) is 19.7 Å². The van der Waals surface area contributed by atoms with Crippen LogP contribution in [0.3, 0.4) is 0 Å². The number of esters is 1. The molecule has 9 heteroatoms. The average Bonchev–Trinajstić information content (AvgIpc) is 3.06. The van der Waals surface area contributed by atoms with Crippen molar-refractivity contribution in [2.75, 3.05) is 7.11 Å². The minimum absolute atomic E-state index is 0.0312. The first-order chi connectivity index (χ1) is 15.3. The summed E-state index contributed by atoms with van der Waals surface area (Å²) in [5.41, 5.74) is 6.71. The van der Waals surface area contributed by atoms with Gasteiger partial charge in [0.2, 0.25) is 5.91 Å². The molecule has 0 saturated carbocycles. The SMILES string of the molecule is COC(=O)c1ccccc1-n1c(C)cc(/C=N\NC(=O)Cc2ccc([N+](=O)[O-])cc2)c1C. The van der Waals surface area contributed by atoms with Crippen LogP contribution in [-0.4, -0.2) is 34.7 Å². The number of aromatic nitrogens is 1. The highest BCUT2D eigenvalue weighted by molar-refractivity contribution is 5.94. The van der Waals surface area contributed by atoms with Gasteiger partial charge in [0.15, 0.2) is 0 Å². The first kappa shape index (κ1) is 22.4. The molecule has 0 radical (unpaired) electrons. The highest BCUT2D eigenvalue weighted by Gasteiger charge is 2.17. The van der Waals surface area contributed by atoms with Crippen molar-refractivity contribution < 1.29 is 19.2 Å². The van der Waals surface area contributed by atoms with Gasteiger partial charge in [0.1, 0.15) is 0 Å². The summed E-state index contributed by atoms with van der Waals surface area (Å²) >= 11 is 0. The minimum Gasteiger partial charge on any atom is -0.465 e. The van der Waals surface area contributed by atoms with Crippen molar-refractivity contribution in [1.29, 1.82) is 0 Å². The van der Waals surface area contributed by atoms with E-state index < -0.39 is 10.9 Å². The summed E-state index contributed by atoms with van der Waals surface area (Å²) in [6.07, 6.45) is 1.58. The van der Waals surface area contributed by atoms with E-state index in [1.807, 2.05) is 36.6 Å². The first-order valence-electron chi connectivity index (χ1n) is 9.73. The van der Waals surface area contributed by atoms with Gasteiger partial charge in [-0.3, -0.25) is 14.9 Å². The molecule has 3 rings (SSSR count). The Hall–Kier alpha value is -4.27. The number of nitrogens with one attached hydrogen (secondary N) is 1. The molecule has 3 aromatic rings. The number of methoxy groups -OCH3 is 1. The second kappa shape index (κ2) is 9.69. The molecule has 0 aliphatic heterocycles. The molecular formula is C23H22N4O5. The Balaban J connectivity index is 1.73. The van der Waals surface area contributed by atoms with E-state index in [1.54, 1.807) is 12.1 Å². The van der Waals surface area contributed by atoms with Gasteiger partial charge in [0.25, 0.3) is 5.69 Å². The van der Waals surface area contributed by atoms with E-state index in [0.717, 1.165) is 17.0 Å². The Labute approximate surface area is 184 Å². The second-order valence-electron chi connectivity index (χ2n) is 7.06. The monoisotopic (exact) mass is 434 g/mol. The number of carbonyl (C=O) groups excluding carboxylic acids is 2. The van der Waals surface area contributed by atoms with E-state index in [0.29, 0.717) is 16.8 Å². The predicted octanol–water partition coefficient (Wildman–Crippen LogP) is 3.48. The third kappa shape index (κ3) is 4.89. The normalized spacial score (nSPS) is 10.8. The van der Waals surface area contributed by atoms with Crippen LogP contribution in [0.25, 0.3) is 5.69 Å². The van der Waals surface area contributed by atoms with Gasteiger partial charge >= 0.3 is 5.97 Å². The number of rotatable bonds is 7. The van der Waals surface area contributed by atoms with Gasteiger partial charge in [-0.05, 0) is 37.6 Å². The number of non-ortho nitro benzene ring substituents is 1. The molecule has 1 N–H and O–H groups in total. The molecule has 0 bridgehead atoms. The van der Waals surface area contributed by atoms with E-state index in [-0.39, 0.29) is 18.0 Å². The van der Waals surface area contributed by atoms with Crippen LogP contribution < -0.4 is 5.43 Å². The predicted molar refractivity (Wildman–Crippen MR) is 119 cm³/mol. The zero-order valence-electron chi connectivity index (χ0n) is 17.9. The van der Waals surface area contributed by atoms with Gasteiger partial charge in [-0.1, -0.05) is 24.3 Å². The molecule has 0 aliphatic carbocycles. The van der Waals surface area contributed by atoms with Crippen LogP contribution in [0.15, 0.2) is 59.7 Å². The molecule has 0 aliphatic rings. The maximum absolute atomic E-state index is 12.1. The summed E-state index contributed by atoms with van der Waals surface area (Å²) in [4.78, 5) is 34.5. The number of nitrogens with zero attached hydrogens (tertiary/aromatic N) is 3. The molecule has 1 heterocycles. The summed E-state index contributed by atoms with van der Waals surface area (Å²) in [6, 6.07) is 14.8. The quantitative estimate of drug-likeness (QED) is 0.264. The molecule has 32 heavy (non-hydrogen) atoms. The molecule has 0 spiro atoms. The lowest BCUT2D eigenvalue weighted by Gasteiger charge is -2.13. The lowest BCUT2D eigenvalue weighted by atomic mass is 10.1. The molecule has 9 nitrogen and oxygen atoms in total. The zero-order valence-corrected chi connectivity index (χ0v) is 17.9. The topological polar surface area (TPSA) is 116 Å². The third-order valence-electron chi connectivity index (χ3n) is 4.93. The molecule has 0 saturated heterocycles. The number of carbonyl (C=O) groups is 2. The molecule has 0 fully saturated rings. The number of hydrogen-bond acceptors (Lipinski definition) is 6. The maximum atomic E-state index is 12.1. The van der Waals surface area contributed by atoms with E-state index in [4.69, 9.17) is 4.74 Å². The van der Waals surface area contributed by atoms with Crippen molar-refractivity contribution in [3.63, 3.8) is 0 Å². The smallest absolute Gasteiger partial charge is 0.339 e. The summed E-state index contributed by atoms with van der Waals surface area (Å²) in [5, 5.41) is 14.7. The lowest BCUT2D eigenvalue weighted by Crippen LogP contribution is -2.19. The fraction of sp³-hybridized carbons (Fsp3) is 0.174. The van der Waals surface area contributed by atoms with Crippen LogP contribution in [0.5, 0.6) is 0 Å². The molecule has 0 unspecified atom stereocenters. The number of benzene rings is 2. The third-order valence-corrected chi connectivity index (χ3v) is 4.93. The Bertz CT molecular complexity index is 1200. The van der Waals surface area contributed by atoms with E-state index in [1.165, 1.54) is 37.6 Å². The highest BCUT2D eigenvalue weighted by Crippen LogP contribution is 2.23. The number of para-hydroxylation sites is 1. The number of hydrogen-bond donors (Lipinski definition) is 1. The Kier molecular flexibility index (Phi) is 6.79. The zero-order chi connectivity index (χ0) is 23.3. The van der Waals surface area contributed by atoms with Crippen LogP contribution in [-0.2, 0) is 16.0 Å². The number of aryl methyl sites for hydroxylation is 1. The molecule has 164 valence electrons. The van der Waals surface area contributed by atoms with Crippen LogP contribution in [0.4, 0.5) is 5.69 Å². The van der Waals surface area contributed by atoms with Crippen molar-refractivity contribution in [3.05, 3.63) is 92.8 Å². The lowest BCUT2D eigenvalue weighted by molar-refractivity contribution is -0.384. The minimum atomic E-state index is -0.492. The summed E-state index contributed by atoms with van der Waals surface area (Å²) in [5.74, 6) is -0.776. The Morgan fingerprint density at radius 1 is 1.16 bits per heavy atom. The molecule has 2 aromatic carbocycles. The average molecular weight is 434 g/mol. The first-order valence-corrected chi connectivity index (χ1v) is 9.73. The summed E-state index contributed by atoms with van der Waals surface area (Å²) in [7, 11) is 1.34. The van der Waals surface area contributed by atoms with Crippen LogP contribution >= 0.6 is 0 Å². The number of amides is 1. The number of hydrazone groups is 1. The van der Waals surface area contributed by atoms with Gasteiger partial charge in [0, 0.05) is 29.1 Å². The van der Waals surface area contributed by atoms with E-state index in [2.05, 4.69) is 10.5 Å². The fourth-order valence-electron chi connectivity index (χ4n) is 3.37.